The molecule has 124 valence electrons. The number of hydrogen-bond donors (Lipinski definition) is 2. The van der Waals surface area contributed by atoms with Crippen LogP contribution in [-0.2, 0) is 19.4 Å². The summed E-state index contributed by atoms with van der Waals surface area (Å²) in [4.78, 5) is 24.8. The second kappa shape index (κ2) is 5.23. The second-order valence-electron chi connectivity index (χ2n) is 6.16. The van der Waals surface area contributed by atoms with Gasteiger partial charge in [0.15, 0.2) is 9.84 Å². The fourth-order valence-electron chi connectivity index (χ4n) is 2.72. The Bertz CT molecular complexity index is 789. The lowest BCUT2D eigenvalue weighted by atomic mass is 10.0. The number of sulfone groups is 1. The van der Waals surface area contributed by atoms with Gasteiger partial charge in [-0.2, -0.15) is 0 Å². The lowest BCUT2D eigenvalue weighted by Crippen LogP contribution is -2.60. The largest absolute Gasteiger partial charge is 0.466 e. The van der Waals surface area contributed by atoms with Crippen molar-refractivity contribution < 1.29 is 22.7 Å². The summed E-state index contributed by atoms with van der Waals surface area (Å²) in [6.45, 7) is 3.26. The van der Waals surface area contributed by atoms with Crippen molar-refractivity contribution in [3.63, 3.8) is 0 Å². The van der Waals surface area contributed by atoms with Crippen molar-refractivity contribution >= 4 is 27.3 Å². The molecule has 2 amide bonds. The summed E-state index contributed by atoms with van der Waals surface area (Å²) in [6, 6.07) is 4.78. The molecule has 0 aromatic heterocycles. The summed E-state index contributed by atoms with van der Waals surface area (Å²) in [5.74, 6) is -0.861. The van der Waals surface area contributed by atoms with Crippen molar-refractivity contribution in [2.24, 2.45) is 0 Å². The van der Waals surface area contributed by atoms with Crippen molar-refractivity contribution in [2.75, 3.05) is 16.8 Å². The van der Waals surface area contributed by atoms with Crippen molar-refractivity contribution in [1.82, 2.24) is 5.32 Å². The maximum Gasteiger partial charge on any atom is 0.278 e. The topological polar surface area (TPSA) is 102 Å². The van der Waals surface area contributed by atoms with Gasteiger partial charge in [0, 0.05) is 6.04 Å². The molecule has 8 heteroatoms. The Balaban J connectivity index is 1.80. The Labute approximate surface area is 134 Å². The van der Waals surface area contributed by atoms with Gasteiger partial charge in [-0.05, 0) is 38.0 Å². The van der Waals surface area contributed by atoms with Gasteiger partial charge >= 0.3 is 0 Å². The lowest BCUT2D eigenvalue weighted by molar-refractivity contribution is -0.147. The number of aryl methyl sites for hydroxylation is 1. The standard InChI is InChI=1S/C15H18N2O5S/c1-9-3-4-12-11(7-9)17-14(19)15(2,22-12)13(18)16-10-5-6-23(20,21)8-10/h3-4,7,10H,5-6,8H2,1-2H3,(H,16,18)(H,17,19)/t10-,15+/m0/s1. The third-order valence-electron chi connectivity index (χ3n) is 4.13. The third-order valence-corrected chi connectivity index (χ3v) is 5.90. The summed E-state index contributed by atoms with van der Waals surface area (Å²) in [7, 11) is -3.11. The van der Waals surface area contributed by atoms with Crippen LogP contribution >= 0.6 is 0 Å². The smallest absolute Gasteiger partial charge is 0.278 e. The zero-order valence-corrected chi connectivity index (χ0v) is 13.7. The molecule has 2 aliphatic heterocycles. The highest BCUT2D eigenvalue weighted by Gasteiger charge is 2.48. The molecule has 1 saturated heterocycles. The Morgan fingerprint density at radius 3 is 2.83 bits per heavy atom. The minimum absolute atomic E-state index is 0.0455. The first-order chi connectivity index (χ1) is 10.7. The third kappa shape index (κ3) is 2.90. The van der Waals surface area contributed by atoms with Gasteiger partial charge in [0.05, 0.1) is 17.2 Å². The van der Waals surface area contributed by atoms with Crippen LogP contribution in [0.25, 0.3) is 0 Å². The van der Waals surface area contributed by atoms with Gasteiger partial charge in [-0.1, -0.05) is 6.07 Å². The predicted octanol–water partition coefficient (Wildman–Crippen LogP) is 0.388. The van der Waals surface area contributed by atoms with E-state index in [9.17, 15) is 18.0 Å². The monoisotopic (exact) mass is 338 g/mol. The molecule has 1 aromatic rings. The molecule has 2 heterocycles. The molecule has 0 unspecified atom stereocenters. The maximum absolute atomic E-state index is 12.5. The molecule has 7 nitrogen and oxygen atoms in total. The average Bonchev–Trinajstić information content (AvgIpc) is 2.79. The Morgan fingerprint density at radius 1 is 1.43 bits per heavy atom. The molecule has 0 bridgehead atoms. The number of carbonyl (C=O) groups excluding carboxylic acids is 2. The number of ether oxygens (including phenoxy) is 1. The first kappa shape index (κ1) is 15.8. The number of nitrogens with one attached hydrogen (secondary N) is 2. The van der Waals surface area contributed by atoms with E-state index in [1.165, 1.54) is 6.92 Å². The van der Waals surface area contributed by atoms with Gasteiger partial charge in [-0.25, -0.2) is 8.42 Å². The normalized spacial score (nSPS) is 28.4. The number of rotatable bonds is 2. The van der Waals surface area contributed by atoms with E-state index in [1.807, 2.05) is 13.0 Å². The van der Waals surface area contributed by atoms with Crippen LogP contribution in [0.2, 0.25) is 0 Å². The SMILES string of the molecule is Cc1ccc2c(c1)NC(=O)[C@@](C)(C(=O)N[C@H]1CCS(=O)(=O)C1)O2. The van der Waals surface area contributed by atoms with Gasteiger partial charge < -0.3 is 15.4 Å². The Hall–Kier alpha value is -2.09. The highest BCUT2D eigenvalue weighted by molar-refractivity contribution is 7.91. The summed E-state index contributed by atoms with van der Waals surface area (Å²) in [6.07, 6.45) is 0.349. The van der Waals surface area contributed by atoms with E-state index in [1.54, 1.807) is 12.1 Å². The number of fused-ring (bicyclic) bond motifs is 1. The summed E-state index contributed by atoms with van der Waals surface area (Å²) >= 11 is 0. The molecule has 0 saturated carbocycles. The molecule has 0 spiro atoms. The number of hydrogen-bond acceptors (Lipinski definition) is 5. The molecule has 0 radical (unpaired) electrons. The first-order valence-corrected chi connectivity index (χ1v) is 9.14. The van der Waals surface area contributed by atoms with Crippen LogP contribution in [0.15, 0.2) is 18.2 Å². The molecule has 1 fully saturated rings. The van der Waals surface area contributed by atoms with Crippen molar-refractivity contribution in [1.29, 1.82) is 0 Å². The summed E-state index contributed by atoms with van der Waals surface area (Å²) in [5.41, 5.74) is -0.255. The van der Waals surface area contributed by atoms with E-state index in [4.69, 9.17) is 4.74 Å². The van der Waals surface area contributed by atoms with E-state index >= 15 is 0 Å². The van der Waals surface area contributed by atoms with Crippen molar-refractivity contribution in [3.05, 3.63) is 23.8 Å². The van der Waals surface area contributed by atoms with E-state index in [0.29, 0.717) is 17.9 Å². The summed E-state index contributed by atoms with van der Waals surface area (Å²) < 4.78 is 28.6. The van der Waals surface area contributed by atoms with Gasteiger partial charge in [-0.3, -0.25) is 9.59 Å². The van der Waals surface area contributed by atoms with Crippen LogP contribution in [0, 0.1) is 6.92 Å². The van der Waals surface area contributed by atoms with Crippen LogP contribution in [0.5, 0.6) is 5.75 Å². The molecular formula is C15H18N2O5S. The van der Waals surface area contributed by atoms with Gasteiger partial charge in [-0.15, -0.1) is 0 Å². The van der Waals surface area contributed by atoms with E-state index in [0.717, 1.165) is 5.56 Å². The van der Waals surface area contributed by atoms with Gasteiger partial charge in [0.1, 0.15) is 5.75 Å². The molecule has 2 N–H and O–H groups in total. The average molecular weight is 338 g/mol. The van der Waals surface area contributed by atoms with Gasteiger partial charge in [0.25, 0.3) is 17.4 Å². The van der Waals surface area contributed by atoms with Crippen molar-refractivity contribution in [2.45, 2.75) is 31.9 Å². The minimum atomic E-state index is -3.11. The molecular weight excluding hydrogens is 320 g/mol. The number of carbonyl (C=O) groups is 2. The zero-order valence-electron chi connectivity index (χ0n) is 12.9. The number of amides is 2. The maximum atomic E-state index is 12.5. The summed E-state index contributed by atoms with van der Waals surface area (Å²) in [5, 5.41) is 5.28. The molecule has 2 aliphatic rings. The minimum Gasteiger partial charge on any atom is -0.466 e. The van der Waals surface area contributed by atoms with Crippen LogP contribution in [0.1, 0.15) is 18.9 Å². The fourth-order valence-corrected chi connectivity index (χ4v) is 4.39. The van der Waals surface area contributed by atoms with E-state index in [2.05, 4.69) is 10.6 Å². The Morgan fingerprint density at radius 2 is 2.17 bits per heavy atom. The van der Waals surface area contributed by atoms with E-state index in [-0.39, 0.29) is 11.5 Å². The van der Waals surface area contributed by atoms with Crippen LogP contribution in [-0.4, -0.2) is 43.4 Å². The molecule has 1 aromatic carbocycles. The van der Waals surface area contributed by atoms with Crippen LogP contribution < -0.4 is 15.4 Å². The fraction of sp³-hybridized carbons (Fsp3) is 0.467. The van der Waals surface area contributed by atoms with Gasteiger partial charge in [0.2, 0.25) is 0 Å². The highest BCUT2D eigenvalue weighted by atomic mass is 32.2. The lowest BCUT2D eigenvalue weighted by Gasteiger charge is -2.34. The van der Waals surface area contributed by atoms with Crippen LogP contribution in [0.3, 0.4) is 0 Å². The molecule has 3 rings (SSSR count). The molecule has 0 aliphatic carbocycles. The quantitative estimate of drug-likeness (QED) is 0.760. The molecule has 2 atom stereocenters. The zero-order chi connectivity index (χ0) is 16.8. The first-order valence-electron chi connectivity index (χ1n) is 7.32. The molecule has 23 heavy (non-hydrogen) atoms. The highest BCUT2D eigenvalue weighted by Crippen LogP contribution is 2.34. The Kier molecular flexibility index (Phi) is 3.59. The van der Waals surface area contributed by atoms with Crippen molar-refractivity contribution in [3.8, 4) is 5.75 Å². The van der Waals surface area contributed by atoms with E-state index < -0.39 is 33.3 Å². The number of benzene rings is 1. The second-order valence-corrected chi connectivity index (χ2v) is 8.39. The van der Waals surface area contributed by atoms with Crippen LogP contribution in [0.4, 0.5) is 5.69 Å². The predicted molar refractivity (Wildman–Crippen MR) is 84.0 cm³/mol. The number of anilines is 1.